The van der Waals surface area contributed by atoms with Gasteiger partial charge in [0.05, 0.1) is 19.9 Å². The number of rotatable bonds is 4. The molecule has 0 spiro atoms. The van der Waals surface area contributed by atoms with Gasteiger partial charge in [-0.1, -0.05) is 0 Å². The van der Waals surface area contributed by atoms with Crippen LogP contribution in [0.1, 0.15) is 10.4 Å². The van der Waals surface area contributed by atoms with Gasteiger partial charge in [-0.3, -0.25) is 4.79 Å². The fraction of sp³-hybridized carbons (Fsp3) is 0.188. The summed E-state index contributed by atoms with van der Waals surface area (Å²) in [6.07, 6.45) is 0. The van der Waals surface area contributed by atoms with Crippen molar-refractivity contribution >= 4 is 11.6 Å². The average Bonchev–Trinajstić information content (AvgIpc) is 3.03. The van der Waals surface area contributed by atoms with Gasteiger partial charge in [0.1, 0.15) is 0 Å². The highest BCUT2D eigenvalue weighted by Crippen LogP contribution is 2.34. The number of hydrogen-bond donors (Lipinski definition) is 1. The second-order valence-electron chi connectivity index (χ2n) is 4.71. The lowest BCUT2D eigenvalue weighted by atomic mass is 10.1. The molecule has 1 aliphatic heterocycles. The van der Waals surface area contributed by atoms with Crippen LogP contribution in [0.25, 0.3) is 0 Å². The number of benzene rings is 2. The number of anilines is 1. The first-order chi connectivity index (χ1) is 11.1. The molecule has 0 aromatic heterocycles. The Labute approximate surface area is 131 Å². The monoisotopic (exact) mass is 319 g/mol. The molecule has 6 nitrogen and oxygen atoms in total. The molecule has 0 aliphatic carbocycles. The first-order valence-corrected chi connectivity index (χ1v) is 6.75. The summed E-state index contributed by atoms with van der Waals surface area (Å²) in [6, 6.07) is 7.24. The van der Waals surface area contributed by atoms with Crippen molar-refractivity contribution in [3.05, 3.63) is 41.7 Å². The number of hydrogen-bond acceptors (Lipinski definition) is 5. The molecule has 2 aromatic carbocycles. The van der Waals surface area contributed by atoms with Crippen molar-refractivity contribution in [1.29, 1.82) is 0 Å². The molecular weight excluding hydrogens is 305 g/mol. The lowest BCUT2D eigenvalue weighted by Gasteiger charge is -2.12. The SMILES string of the molecule is COc1cc(F)c(NC(=O)c2ccc3c(c2)OCO3)cc1OC. The van der Waals surface area contributed by atoms with Gasteiger partial charge in [-0.15, -0.1) is 0 Å². The molecule has 1 N–H and O–H groups in total. The van der Waals surface area contributed by atoms with Gasteiger partial charge < -0.3 is 24.3 Å². The van der Waals surface area contributed by atoms with Crippen LogP contribution in [0.5, 0.6) is 23.0 Å². The maximum absolute atomic E-state index is 14.1. The molecule has 0 unspecified atom stereocenters. The molecule has 0 saturated carbocycles. The third kappa shape index (κ3) is 2.85. The third-order valence-electron chi connectivity index (χ3n) is 3.36. The van der Waals surface area contributed by atoms with Crippen LogP contribution < -0.4 is 24.3 Å². The van der Waals surface area contributed by atoms with Crippen LogP contribution >= 0.6 is 0 Å². The number of carbonyl (C=O) groups is 1. The summed E-state index contributed by atoms with van der Waals surface area (Å²) in [5.74, 6) is 0.497. The Balaban J connectivity index is 1.85. The van der Waals surface area contributed by atoms with E-state index in [-0.39, 0.29) is 18.2 Å². The Morgan fingerprint density at radius 3 is 2.52 bits per heavy atom. The van der Waals surface area contributed by atoms with E-state index in [2.05, 4.69) is 5.32 Å². The molecule has 7 heteroatoms. The molecule has 120 valence electrons. The molecule has 3 rings (SSSR count). The van der Waals surface area contributed by atoms with E-state index in [9.17, 15) is 9.18 Å². The zero-order chi connectivity index (χ0) is 16.4. The van der Waals surface area contributed by atoms with E-state index in [1.807, 2.05) is 0 Å². The van der Waals surface area contributed by atoms with Gasteiger partial charge in [0, 0.05) is 17.7 Å². The van der Waals surface area contributed by atoms with E-state index >= 15 is 0 Å². The normalized spacial score (nSPS) is 12.0. The number of ether oxygens (including phenoxy) is 4. The highest BCUT2D eigenvalue weighted by Gasteiger charge is 2.18. The Hall–Kier alpha value is -2.96. The van der Waals surface area contributed by atoms with Crippen molar-refractivity contribution in [2.24, 2.45) is 0 Å². The molecular formula is C16H14FNO5. The number of halogens is 1. The van der Waals surface area contributed by atoms with E-state index < -0.39 is 11.7 Å². The van der Waals surface area contributed by atoms with Gasteiger partial charge in [-0.2, -0.15) is 0 Å². The van der Waals surface area contributed by atoms with Gasteiger partial charge >= 0.3 is 0 Å². The zero-order valence-corrected chi connectivity index (χ0v) is 12.5. The lowest BCUT2D eigenvalue weighted by Crippen LogP contribution is -2.13. The van der Waals surface area contributed by atoms with Crippen molar-refractivity contribution in [2.75, 3.05) is 26.3 Å². The summed E-state index contributed by atoms with van der Waals surface area (Å²) < 4.78 is 34.6. The molecule has 0 bridgehead atoms. The van der Waals surface area contributed by atoms with Crippen molar-refractivity contribution < 1.29 is 28.1 Å². The summed E-state index contributed by atoms with van der Waals surface area (Å²) in [4.78, 5) is 12.3. The maximum Gasteiger partial charge on any atom is 0.255 e. The molecule has 1 aliphatic rings. The van der Waals surface area contributed by atoms with Crippen LogP contribution in [0.15, 0.2) is 30.3 Å². The number of amides is 1. The predicted octanol–water partition coefficient (Wildman–Crippen LogP) is 2.82. The third-order valence-corrected chi connectivity index (χ3v) is 3.36. The number of fused-ring (bicyclic) bond motifs is 1. The first kappa shape index (κ1) is 15.0. The summed E-state index contributed by atoms with van der Waals surface area (Å²) in [5, 5.41) is 2.50. The minimum Gasteiger partial charge on any atom is -0.493 e. The van der Waals surface area contributed by atoms with Crippen molar-refractivity contribution in [3.8, 4) is 23.0 Å². The van der Waals surface area contributed by atoms with Crippen LogP contribution in [-0.2, 0) is 0 Å². The minimum absolute atomic E-state index is 0.00897. The molecule has 1 amide bonds. The molecule has 0 atom stereocenters. The van der Waals surface area contributed by atoms with Gasteiger partial charge in [-0.25, -0.2) is 4.39 Å². The smallest absolute Gasteiger partial charge is 0.255 e. The topological polar surface area (TPSA) is 66.0 Å². The van der Waals surface area contributed by atoms with Crippen LogP contribution in [0.2, 0.25) is 0 Å². The van der Waals surface area contributed by atoms with Crippen molar-refractivity contribution in [1.82, 2.24) is 0 Å². The highest BCUT2D eigenvalue weighted by atomic mass is 19.1. The lowest BCUT2D eigenvalue weighted by molar-refractivity contribution is 0.102. The maximum atomic E-state index is 14.1. The zero-order valence-electron chi connectivity index (χ0n) is 12.5. The van der Waals surface area contributed by atoms with Crippen LogP contribution in [0.3, 0.4) is 0 Å². The second kappa shape index (κ2) is 6.04. The predicted molar refractivity (Wildman–Crippen MR) is 80.0 cm³/mol. The molecule has 1 heterocycles. The Morgan fingerprint density at radius 2 is 1.78 bits per heavy atom. The fourth-order valence-corrected chi connectivity index (χ4v) is 2.18. The molecule has 0 fully saturated rings. The minimum atomic E-state index is -0.628. The van der Waals surface area contributed by atoms with Crippen molar-refractivity contribution in [3.63, 3.8) is 0 Å². The molecule has 23 heavy (non-hydrogen) atoms. The van der Waals surface area contributed by atoms with E-state index in [1.54, 1.807) is 12.1 Å². The van der Waals surface area contributed by atoms with Gasteiger partial charge in [0.25, 0.3) is 5.91 Å². The number of nitrogens with one attached hydrogen (secondary N) is 1. The summed E-state index contributed by atoms with van der Waals surface area (Å²) >= 11 is 0. The largest absolute Gasteiger partial charge is 0.493 e. The fourth-order valence-electron chi connectivity index (χ4n) is 2.18. The van der Waals surface area contributed by atoms with Crippen LogP contribution in [0, 0.1) is 5.82 Å². The molecule has 2 aromatic rings. The molecule has 0 saturated heterocycles. The Kier molecular flexibility index (Phi) is 3.92. The number of methoxy groups -OCH3 is 2. The van der Waals surface area contributed by atoms with E-state index in [0.29, 0.717) is 22.8 Å². The van der Waals surface area contributed by atoms with Gasteiger partial charge in [0.2, 0.25) is 6.79 Å². The van der Waals surface area contributed by atoms with Crippen LogP contribution in [0.4, 0.5) is 10.1 Å². The number of carbonyl (C=O) groups excluding carboxylic acids is 1. The average molecular weight is 319 g/mol. The quantitative estimate of drug-likeness (QED) is 0.938. The van der Waals surface area contributed by atoms with E-state index in [1.165, 1.54) is 26.4 Å². The second-order valence-corrected chi connectivity index (χ2v) is 4.71. The summed E-state index contributed by atoms with van der Waals surface area (Å²) in [5.41, 5.74) is 0.314. The van der Waals surface area contributed by atoms with Gasteiger partial charge in [0.15, 0.2) is 28.8 Å². The molecule has 0 radical (unpaired) electrons. The van der Waals surface area contributed by atoms with E-state index in [0.717, 1.165) is 6.07 Å². The summed E-state index contributed by atoms with van der Waals surface area (Å²) in [7, 11) is 2.83. The van der Waals surface area contributed by atoms with Crippen LogP contribution in [-0.4, -0.2) is 26.9 Å². The highest BCUT2D eigenvalue weighted by molar-refractivity contribution is 6.04. The standard InChI is InChI=1S/C16H14FNO5/c1-20-13-6-10(17)11(7-14(13)21-2)18-16(19)9-3-4-12-15(5-9)23-8-22-12/h3-7H,8H2,1-2H3,(H,18,19). The van der Waals surface area contributed by atoms with Crippen molar-refractivity contribution in [2.45, 2.75) is 0 Å². The summed E-state index contributed by atoms with van der Waals surface area (Å²) in [6.45, 7) is 0.116. The Bertz CT molecular complexity index is 762. The Morgan fingerprint density at radius 1 is 1.09 bits per heavy atom. The van der Waals surface area contributed by atoms with Gasteiger partial charge in [-0.05, 0) is 18.2 Å². The first-order valence-electron chi connectivity index (χ1n) is 6.75. The van der Waals surface area contributed by atoms with E-state index in [4.69, 9.17) is 18.9 Å².